The zero-order valence-corrected chi connectivity index (χ0v) is 18.8. The molecule has 0 aliphatic carbocycles. The van der Waals surface area contributed by atoms with E-state index in [1.807, 2.05) is 45.7 Å². The van der Waals surface area contributed by atoms with Gasteiger partial charge in [0.15, 0.2) is 0 Å². The topological polar surface area (TPSA) is 65.5 Å². The zero-order valence-electron chi connectivity index (χ0n) is 16.4. The molecule has 0 atom stereocenters. The molecule has 0 spiro atoms. The van der Waals surface area contributed by atoms with Gasteiger partial charge < -0.3 is 10.2 Å². The van der Waals surface area contributed by atoms with Gasteiger partial charge in [0.05, 0.1) is 22.9 Å². The van der Waals surface area contributed by atoms with Gasteiger partial charge in [-0.2, -0.15) is 11.3 Å². The molecule has 3 aromatic rings. The number of carbonyl (C=O) groups is 2. The van der Waals surface area contributed by atoms with Gasteiger partial charge in [-0.25, -0.2) is 4.98 Å². The number of piperazine rings is 1. The van der Waals surface area contributed by atoms with Gasteiger partial charge in [0.2, 0.25) is 5.91 Å². The third-order valence-corrected chi connectivity index (χ3v) is 7.14. The first-order valence-electron chi connectivity index (χ1n) is 9.57. The molecule has 1 aliphatic heterocycles. The Morgan fingerprint density at radius 2 is 1.93 bits per heavy atom. The number of aryl methyl sites for hydroxylation is 1. The molecule has 0 unspecified atom stereocenters. The number of benzene rings is 1. The molecule has 0 bridgehead atoms. The summed E-state index contributed by atoms with van der Waals surface area (Å²) in [5.41, 5.74) is 2.44. The molecule has 0 radical (unpaired) electrons. The lowest BCUT2D eigenvalue weighted by Crippen LogP contribution is -2.50. The summed E-state index contributed by atoms with van der Waals surface area (Å²) in [6, 6.07) is 9.19. The Morgan fingerprint density at radius 3 is 2.63 bits per heavy atom. The Labute approximate surface area is 188 Å². The maximum atomic E-state index is 13.0. The number of amides is 2. The number of anilines is 1. The summed E-state index contributed by atoms with van der Waals surface area (Å²) in [6.45, 7) is 4.63. The van der Waals surface area contributed by atoms with Crippen LogP contribution >= 0.6 is 34.3 Å². The number of thiophene rings is 1. The Hall–Kier alpha value is -2.26. The highest BCUT2D eigenvalue weighted by atomic mass is 35.5. The monoisotopic (exact) mass is 460 g/mol. The molecule has 4 rings (SSSR count). The van der Waals surface area contributed by atoms with E-state index < -0.39 is 0 Å². The number of rotatable bonds is 5. The van der Waals surface area contributed by atoms with Crippen LogP contribution in [-0.4, -0.2) is 59.3 Å². The van der Waals surface area contributed by atoms with Gasteiger partial charge in [0, 0.05) is 37.1 Å². The van der Waals surface area contributed by atoms with Gasteiger partial charge in [-0.05, 0) is 30.5 Å². The van der Waals surface area contributed by atoms with Crippen molar-refractivity contribution in [2.45, 2.75) is 6.92 Å². The lowest BCUT2D eigenvalue weighted by Gasteiger charge is -2.34. The van der Waals surface area contributed by atoms with Crippen LogP contribution in [0.2, 0.25) is 5.02 Å². The molecular weight excluding hydrogens is 440 g/mol. The predicted molar refractivity (Wildman–Crippen MR) is 123 cm³/mol. The molecule has 9 heteroatoms. The van der Waals surface area contributed by atoms with Gasteiger partial charge in [0.1, 0.15) is 9.88 Å². The van der Waals surface area contributed by atoms with E-state index in [2.05, 4.69) is 10.3 Å². The summed E-state index contributed by atoms with van der Waals surface area (Å²) in [7, 11) is 0. The minimum Gasteiger partial charge on any atom is -0.335 e. The first-order valence-corrected chi connectivity index (χ1v) is 11.7. The number of hydrogen-bond acceptors (Lipinski definition) is 6. The fourth-order valence-electron chi connectivity index (χ4n) is 3.31. The van der Waals surface area contributed by atoms with Crippen molar-refractivity contribution in [2.75, 3.05) is 38.0 Å². The number of nitrogens with one attached hydrogen (secondary N) is 1. The van der Waals surface area contributed by atoms with Crippen molar-refractivity contribution in [2.24, 2.45) is 0 Å². The van der Waals surface area contributed by atoms with Crippen LogP contribution < -0.4 is 5.32 Å². The van der Waals surface area contributed by atoms with Crippen molar-refractivity contribution in [1.29, 1.82) is 0 Å². The number of para-hydroxylation sites is 1. The molecule has 1 N–H and O–H groups in total. The Kier molecular flexibility index (Phi) is 6.48. The zero-order chi connectivity index (χ0) is 21.1. The lowest BCUT2D eigenvalue weighted by molar-refractivity contribution is -0.117. The molecule has 3 heterocycles. The number of nitrogens with zero attached hydrogens (tertiary/aromatic N) is 3. The molecule has 30 heavy (non-hydrogen) atoms. The van der Waals surface area contributed by atoms with E-state index in [4.69, 9.17) is 11.6 Å². The highest BCUT2D eigenvalue weighted by Crippen LogP contribution is 2.30. The lowest BCUT2D eigenvalue weighted by atomic mass is 10.2. The quantitative estimate of drug-likeness (QED) is 0.618. The van der Waals surface area contributed by atoms with Gasteiger partial charge in [-0.3, -0.25) is 14.5 Å². The second kappa shape index (κ2) is 9.26. The number of aromatic nitrogens is 1. The van der Waals surface area contributed by atoms with Gasteiger partial charge in [0.25, 0.3) is 5.91 Å². The summed E-state index contributed by atoms with van der Waals surface area (Å²) in [5.74, 6) is -0.0896. The highest BCUT2D eigenvalue weighted by molar-refractivity contribution is 7.17. The minimum absolute atomic E-state index is 0.0200. The molecule has 0 saturated carbocycles. The average Bonchev–Trinajstić information content (AvgIpc) is 3.39. The van der Waals surface area contributed by atoms with E-state index >= 15 is 0 Å². The van der Waals surface area contributed by atoms with Crippen LogP contribution in [0.1, 0.15) is 15.4 Å². The molecule has 156 valence electrons. The van der Waals surface area contributed by atoms with Crippen molar-refractivity contribution < 1.29 is 9.59 Å². The van der Waals surface area contributed by atoms with Crippen LogP contribution in [0.15, 0.2) is 41.1 Å². The molecule has 2 aromatic heterocycles. The van der Waals surface area contributed by atoms with E-state index in [0.29, 0.717) is 41.8 Å². The van der Waals surface area contributed by atoms with Crippen molar-refractivity contribution >= 4 is 51.8 Å². The smallest absolute Gasteiger partial charge is 0.265 e. The number of halogens is 1. The normalized spacial score (nSPS) is 14.7. The van der Waals surface area contributed by atoms with E-state index in [1.165, 1.54) is 11.3 Å². The third-order valence-electron chi connectivity index (χ3n) is 4.93. The van der Waals surface area contributed by atoms with Gasteiger partial charge in [-0.15, -0.1) is 11.3 Å². The van der Waals surface area contributed by atoms with Crippen molar-refractivity contribution in [3.63, 3.8) is 0 Å². The van der Waals surface area contributed by atoms with Crippen LogP contribution in [0.4, 0.5) is 5.69 Å². The van der Waals surface area contributed by atoms with Crippen LogP contribution in [0.3, 0.4) is 0 Å². The average molecular weight is 461 g/mol. The van der Waals surface area contributed by atoms with Gasteiger partial charge in [-0.1, -0.05) is 23.7 Å². The van der Waals surface area contributed by atoms with Crippen molar-refractivity contribution in [3.05, 3.63) is 56.7 Å². The summed E-state index contributed by atoms with van der Waals surface area (Å²) in [4.78, 5) is 34.5. The second-order valence-corrected chi connectivity index (χ2v) is 9.23. The van der Waals surface area contributed by atoms with Crippen LogP contribution in [0.5, 0.6) is 0 Å². The summed E-state index contributed by atoms with van der Waals surface area (Å²) in [6.07, 6.45) is 0. The third kappa shape index (κ3) is 4.73. The van der Waals surface area contributed by atoms with E-state index in [1.54, 1.807) is 23.5 Å². The SMILES string of the molecule is Cc1nc(-c2ccsc2)sc1C(=O)N1CCN(CC(=O)Nc2ccccc2Cl)CC1. The molecule has 1 saturated heterocycles. The predicted octanol–water partition coefficient (Wildman–Crippen LogP) is 4.23. The van der Waals surface area contributed by atoms with E-state index in [-0.39, 0.29) is 18.4 Å². The molecule has 6 nitrogen and oxygen atoms in total. The summed E-state index contributed by atoms with van der Waals surface area (Å²) < 4.78 is 0. The van der Waals surface area contributed by atoms with Gasteiger partial charge >= 0.3 is 0 Å². The van der Waals surface area contributed by atoms with E-state index in [9.17, 15) is 9.59 Å². The molecule has 1 aliphatic rings. The Balaban J connectivity index is 1.32. The number of carbonyl (C=O) groups excluding carboxylic acids is 2. The molecule has 1 fully saturated rings. The van der Waals surface area contributed by atoms with Crippen LogP contribution in [-0.2, 0) is 4.79 Å². The fraction of sp³-hybridized carbons (Fsp3) is 0.286. The first-order chi connectivity index (χ1) is 14.5. The largest absolute Gasteiger partial charge is 0.335 e. The number of thiazole rings is 1. The van der Waals surface area contributed by atoms with Crippen LogP contribution in [0, 0.1) is 6.92 Å². The molecule has 1 aromatic carbocycles. The summed E-state index contributed by atoms with van der Waals surface area (Å²) in [5, 5.41) is 8.29. The maximum absolute atomic E-state index is 13.0. The fourth-order valence-corrected chi connectivity index (χ4v) is 5.24. The summed E-state index contributed by atoms with van der Waals surface area (Å²) >= 11 is 9.16. The molecule has 2 amide bonds. The highest BCUT2D eigenvalue weighted by Gasteiger charge is 2.26. The Bertz CT molecular complexity index is 1040. The first kappa shape index (κ1) is 21.0. The molecular formula is C21H21ClN4O2S2. The van der Waals surface area contributed by atoms with Crippen molar-refractivity contribution in [1.82, 2.24) is 14.8 Å². The van der Waals surface area contributed by atoms with Crippen molar-refractivity contribution in [3.8, 4) is 10.6 Å². The minimum atomic E-state index is -0.110. The number of hydrogen-bond donors (Lipinski definition) is 1. The maximum Gasteiger partial charge on any atom is 0.265 e. The standard InChI is InChI=1S/C21H21ClN4O2S2/c1-14-19(30-20(23-14)15-6-11-29-13-15)21(28)26-9-7-25(8-10-26)12-18(27)24-17-5-3-2-4-16(17)22/h2-6,11,13H,7-10,12H2,1H3,(H,24,27). The van der Waals surface area contributed by atoms with E-state index in [0.717, 1.165) is 16.3 Å². The Morgan fingerprint density at radius 1 is 1.17 bits per heavy atom. The van der Waals surface area contributed by atoms with Crippen LogP contribution in [0.25, 0.3) is 10.6 Å². The second-order valence-electron chi connectivity index (χ2n) is 7.04.